The SMILES string of the molecule is CNN(C)c1nc(Cl)c(-c2cc(N)cc(C(=O)NCc3ccccc3)c2)n(CC(=O)NCc2ccc(C(=N)N)cc2)c1=O. The Morgan fingerprint density at radius 2 is 1.63 bits per heavy atom. The zero-order valence-electron chi connectivity index (χ0n) is 23.6. The quantitative estimate of drug-likeness (QED) is 0.0654. The van der Waals surface area contributed by atoms with Crippen molar-refractivity contribution in [2.24, 2.45) is 5.73 Å². The van der Waals surface area contributed by atoms with Gasteiger partial charge in [-0.3, -0.25) is 29.4 Å². The van der Waals surface area contributed by atoms with Gasteiger partial charge in [0.2, 0.25) is 11.7 Å². The van der Waals surface area contributed by atoms with Crippen LogP contribution < -0.4 is 38.1 Å². The predicted molar refractivity (Wildman–Crippen MR) is 168 cm³/mol. The number of carbonyl (C=O) groups excluding carboxylic acids is 2. The summed E-state index contributed by atoms with van der Waals surface area (Å²) in [5.74, 6) is -0.939. The molecular formula is C30H32ClN9O3. The summed E-state index contributed by atoms with van der Waals surface area (Å²) in [7, 11) is 3.19. The van der Waals surface area contributed by atoms with Gasteiger partial charge in [-0.15, -0.1) is 0 Å². The Bertz CT molecular complexity index is 1710. The van der Waals surface area contributed by atoms with Gasteiger partial charge in [0.15, 0.2) is 5.15 Å². The summed E-state index contributed by atoms with van der Waals surface area (Å²) >= 11 is 6.64. The monoisotopic (exact) mass is 601 g/mol. The normalized spacial score (nSPS) is 10.7. The van der Waals surface area contributed by atoms with E-state index >= 15 is 0 Å². The number of carbonyl (C=O) groups is 2. The molecule has 4 rings (SSSR count). The van der Waals surface area contributed by atoms with E-state index in [2.05, 4.69) is 21.0 Å². The van der Waals surface area contributed by atoms with E-state index in [1.807, 2.05) is 30.3 Å². The number of halogens is 1. The van der Waals surface area contributed by atoms with Crippen LogP contribution in [0.25, 0.3) is 11.3 Å². The summed E-state index contributed by atoms with van der Waals surface area (Å²) in [5, 5.41) is 14.5. The summed E-state index contributed by atoms with van der Waals surface area (Å²) in [6, 6.07) is 20.9. The molecule has 12 nitrogen and oxygen atoms in total. The third-order valence-corrected chi connectivity index (χ3v) is 6.87. The van der Waals surface area contributed by atoms with Crippen molar-refractivity contribution in [3.8, 4) is 11.3 Å². The fourth-order valence-corrected chi connectivity index (χ4v) is 4.57. The number of nitrogens with one attached hydrogen (secondary N) is 4. The molecule has 0 aliphatic carbocycles. The maximum atomic E-state index is 13.6. The standard InChI is InChI=1S/C30H32ClN9O3/c1-35-39(2)28-30(43)40(17-24(41)36-15-19-8-10-20(11-9-19)27(33)34)25(26(31)38-28)21-12-22(14-23(32)13-21)29(42)37-16-18-6-4-3-5-7-18/h3-14,35H,15-17,32H2,1-2H3,(H3,33,34)(H,36,41)(H,37,42). The molecule has 4 aromatic rings. The lowest BCUT2D eigenvalue weighted by Gasteiger charge is -2.21. The molecule has 0 saturated carbocycles. The largest absolute Gasteiger partial charge is 0.399 e. The zero-order valence-corrected chi connectivity index (χ0v) is 24.4. The minimum absolute atomic E-state index is 0.0337. The van der Waals surface area contributed by atoms with Crippen molar-refractivity contribution in [1.82, 2.24) is 25.6 Å². The molecule has 2 amide bonds. The van der Waals surface area contributed by atoms with Crippen LogP contribution in [-0.4, -0.2) is 41.3 Å². The molecule has 222 valence electrons. The second-order valence-electron chi connectivity index (χ2n) is 9.65. The number of amidine groups is 1. The summed E-state index contributed by atoms with van der Waals surface area (Å²) in [5.41, 5.74) is 17.1. The number of nitrogens with zero attached hydrogens (tertiary/aromatic N) is 3. The Labute approximate surface area is 253 Å². The van der Waals surface area contributed by atoms with Crippen LogP contribution in [0, 0.1) is 5.41 Å². The Kier molecular flexibility index (Phi) is 9.76. The number of nitrogens with two attached hydrogens (primary N) is 2. The molecule has 0 aliphatic heterocycles. The molecule has 8 N–H and O–H groups in total. The zero-order chi connectivity index (χ0) is 31.1. The third kappa shape index (κ3) is 7.56. The Morgan fingerprint density at radius 3 is 2.28 bits per heavy atom. The molecule has 0 unspecified atom stereocenters. The van der Waals surface area contributed by atoms with Crippen molar-refractivity contribution in [1.29, 1.82) is 5.41 Å². The summed E-state index contributed by atoms with van der Waals surface area (Å²) in [6.45, 7) is 0.0869. The highest BCUT2D eigenvalue weighted by Crippen LogP contribution is 2.29. The van der Waals surface area contributed by atoms with Crippen LogP contribution in [0.5, 0.6) is 0 Å². The van der Waals surface area contributed by atoms with E-state index in [-0.39, 0.29) is 46.2 Å². The van der Waals surface area contributed by atoms with Crippen LogP contribution in [0.1, 0.15) is 27.0 Å². The Balaban J connectivity index is 1.66. The van der Waals surface area contributed by atoms with Crippen LogP contribution in [0.15, 0.2) is 77.6 Å². The molecule has 13 heteroatoms. The lowest BCUT2D eigenvalue weighted by atomic mass is 10.1. The second-order valence-corrected chi connectivity index (χ2v) is 10.0. The van der Waals surface area contributed by atoms with E-state index in [0.29, 0.717) is 17.7 Å². The maximum absolute atomic E-state index is 13.6. The smallest absolute Gasteiger partial charge is 0.295 e. The second kappa shape index (κ2) is 13.6. The first-order valence-corrected chi connectivity index (χ1v) is 13.6. The lowest BCUT2D eigenvalue weighted by molar-refractivity contribution is -0.121. The van der Waals surface area contributed by atoms with Gasteiger partial charge in [-0.25, -0.2) is 10.4 Å². The number of hydrazine groups is 1. The van der Waals surface area contributed by atoms with Gasteiger partial charge in [-0.1, -0.05) is 66.2 Å². The average molecular weight is 602 g/mol. The molecule has 1 aromatic heterocycles. The third-order valence-electron chi connectivity index (χ3n) is 6.60. The van der Waals surface area contributed by atoms with Crippen LogP contribution in [0.4, 0.5) is 11.5 Å². The van der Waals surface area contributed by atoms with Gasteiger partial charge in [-0.2, -0.15) is 0 Å². The van der Waals surface area contributed by atoms with Crippen molar-refractivity contribution >= 4 is 40.8 Å². The average Bonchev–Trinajstić information content (AvgIpc) is 3.00. The maximum Gasteiger partial charge on any atom is 0.295 e. The topological polar surface area (TPSA) is 184 Å². The molecule has 3 aromatic carbocycles. The van der Waals surface area contributed by atoms with Crippen LogP contribution >= 0.6 is 11.6 Å². The molecule has 0 bridgehead atoms. The summed E-state index contributed by atoms with van der Waals surface area (Å²) in [4.78, 5) is 44.1. The lowest BCUT2D eigenvalue weighted by Crippen LogP contribution is -2.40. The number of amides is 2. The van der Waals surface area contributed by atoms with Crippen LogP contribution in [0.2, 0.25) is 5.15 Å². The number of anilines is 2. The molecule has 1 heterocycles. The molecule has 43 heavy (non-hydrogen) atoms. The molecule has 0 fully saturated rings. The summed E-state index contributed by atoms with van der Waals surface area (Å²) < 4.78 is 1.20. The van der Waals surface area contributed by atoms with Gasteiger partial charge in [0, 0.05) is 49.6 Å². The summed E-state index contributed by atoms with van der Waals surface area (Å²) in [6.07, 6.45) is 0. The number of aromatic nitrogens is 2. The first-order chi connectivity index (χ1) is 20.6. The van der Waals surface area contributed by atoms with E-state index < -0.39 is 18.0 Å². The van der Waals surface area contributed by atoms with E-state index in [9.17, 15) is 14.4 Å². The molecule has 0 saturated heterocycles. The number of rotatable bonds is 11. The van der Waals surface area contributed by atoms with Crippen molar-refractivity contribution in [3.05, 3.63) is 111 Å². The fourth-order valence-electron chi connectivity index (χ4n) is 4.28. The van der Waals surface area contributed by atoms with Crippen molar-refractivity contribution in [2.75, 3.05) is 24.8 Å². The highest BCUT2D eigenvalue weighted by molar-refractivity contribution is 6.32. The highest BCUT2D eigenvalue weighted by atomic mass is 35.5. The molecular weight excluding hydrogens is 570 g/mol. The van der Waals surface area contributed by atoms with Crippen molar-refractivity contribution in [2.45, 2.75) is 19.6 Å². The van der Waals surface area contributed by atoms with Gasteiger partial charge in [-0.05, 0) is 29.3 Å². The van der Waals surface area contributed by atoms with Gasteiger partial charge in [0.1, 0.15) is 12.4 Å². The van der Waals surface area contributed by atoms with Gasteiger partial charge >= 0.3 is 0 Å². The van der Waals surface area contributed by atoms with E-state index in [4.69, 9.17) is 28.5 Å². The van der Waals surface area contributed by atoms with E-state index in [0.717, 1.165) is 11.1 Å². The molecule has 0 atom stereocenters. The predicted octanol–water partition coefficient (Wildman–Crippen LogP) is 2.25. The minimum Gasteiger partial charge on any atom is -0.399 e. The van der Waals surface area contributed by atoms with E-state index in [1.54, 1.807) is 50.5 Å². The first kappa shape index (κ1) is 30.8. The minimum atomic E-state index is -0.588. The Hall–Kier alpha value is -5.20. The Morgan fingerprint density at radius 1 is 0.977 bits per heavy atom. The number of hydrogen-bond donors (Lipinski definition) is 6. The van der Waals surface area contributed by atoms with Crippen LogP contribution in [0.3, 0.4) is 0 Å². The van der Waals surface area contributed by atoms with Crippen molar-refractivity contribution in [3.63, 3.8) is 0 Å². The van der Waals surface area contributed by atoms with Crippen molar-refractivity contribution < 1.29 is 9.59 Å². The highest BCUT2D eigenvalue weighted by Gasteiger charge is 2.22. The fraction of sp³-hybridized carbons (Fsp3) is 0.167. The number of nitrogen functional groups attached to an aromatic ring is 2. The molecule has 0 aliphatic rings. The first-order valence-electron chi connectivity index (χ1n) is 13.2. The van der Waals surface area contributed by atoms with Gasteiger partial charge < -0.3 is 22.1 Å². The number of hydrogen-bond acceptors (Lipinski definition) is 8. The van der Waals surface area contributed by atoms with Gasteiger partial charge in [0.05, 0.1) is 5.69 Å². The molecule has 0 radical (unpaired) electrons. The van der Waals surface area contributed by atoms with E-state index in [1.165, 1.54) is 15.6 Å². The number of benzene rings is 3. The van der Waals surface area contributed by atoms with Gasteiger partial charge in [0.25, 0.3) is 11.5 Å². The van der Waals surface area contributed by atoms with Crippen LogP contribution in [-0.2, 0) is 24.4 Å². The molecule has 0 spiro atoms.